The summed E-state index contributed by atoms with van der Waals surface area (Å²) in [5, 5.41) is 22.0. The highest BCUT2D eigenvalue weighted by atomic mass is 32.3. The summed E-state index contributed by atoms with van der Waals surface area (Å²) in [5.41, 5.74) is 6.57. The van der Waals surface area contributed by atoms with Gasteiger partial charge in [-0.25, -0.2) is 4.79 Å². The summed E-state index contributed by atoms with van der Waals surface area (Å²) in [6.07, 6.45) is 3.76. The molecule has 0 radical (unpaired) electrons. The van der Waals surface area contributed by atoms with Crippen LogP contribution in [-0.2, 0) is 41.6 Å². The van der Waals surface area contributed by atoms with E-state index in [4.69, 9.17) is 40.8 Å². The number of nitrogens with one attached hydrogen (secondary N) is 1. The summed E-state index contributed by atoms with van der Waals surface area (Å²) >= 11 is 0. The molecule has 39 heavy (non-hydrogen) atoms. The lowest BCUT2D eigenvalue weighted by molar-refractivity contribution is -0.149. The zero-order valence-electron chi connectivity index (χ0n) is 20.9. The van der Waals surface area contributed by atoms with Crippen LogP contribution in [0.25, 0.3) is 0 Å². The number of hydrogen-bond donors (Lipinski definition) is 8. The minimum atomic E-state index is -4.67. The van der Waals surface area contributed by atoms with Crippen molar-refractivity contribution in [1.82, 2.24) is 10.2 Å². The second-order valence-corrected chi connectivity index (χ2v) is 10.1. The van der Waals surface area contributed by atoms with Crippen LogP contribution in [0.3, 0.4) is 0 Å². The predicted molar refractivity (Wildman–Crippen MR) is 137 cm³/mol. The van der Waals surface area contributed by atoms with E-state index in [0.29, 0.717) is 51.6 Å². The minimum Gasteiger partial charge on any atom is -0.480 e. The first-order valence-electron chi connectivity index (χ1n) is 11.6. The Bertz CT molecular complexity index is 1070. The number of aryl methyl sites for hydroxylation is 1. The van der Waals surface area contributed by atoms with E-state index < -0.39 is 50.9 Å². The van der Waals surface area contributed by atoms with Gasteiger partial charge in [0.25, 0.3) is 0 Å². The molecule has 1 unspecified atom stereocenters. The van der Waals surface area contributed by atoms with Gasteiger partial charge in [-0.15, -0.1) is 0 Å². The number of unbranched alkanes of at least 4 members (excludes halogenated alkanes) is 1. The highest BCUT2D eigenvalue weighted by molar-refractivity contribution is 7.80. The molecule has 0 saturated carbocycles. The number of carboxylic acid groups (broad SMARTS) is 2. The van der Waals surface area contributed by atoms with Crippen LogP contribution >= 0.6 is 0 Å². The molecule has 0 spiro atoms. The minimum absolute atomic E-state index is 0.335. The Kier molecular flexibility index (Phi) is 16.6. The molecule has 1 aromatic rings. The van der Waals surface area contributed by atoms with Gasteiger partial charge in [0.1, 0.15) is 12.1 Å². The van der Waals surface area contributed by atoms with Crippen molar-refractivity contribution in [2.45, 2.75) is 63.1 Å². The van der Waals surface area contributed by atoms with E-state index in [-0.39, 0.29) is 5.91 Å². The van der Waals surface area contributed by atoms with Crippen LogP contribution in [0.5, 0.6) is 0 Å². The Hall–Kier alpha value is -2.71. The van der Waals surface area contributed by atoms with E-state index in [9.17, 15) is 24.6 Å². The molecule has 3 atom stereocenters. The van der Waals surface area contributed by atoms with E-state index in [1.807, 2.05) is 30.3 Å². The average molecular weight is 602 g/mol. The van der Waals surface area contributed by atoms with Crippen molar-refractivity contribution in [2.24, 2.45) is 5.73 Å². The summed E-state index contributed by atoms with van der Waals surface area (Å²) in [6.45, 7) is 0.866. The maximum Gasteiger partial charge on any atom is 0.394 e. The SMILES string of the molecule is NCCCC[C@H](NC(CCc1ccccc1)C(=O)O)C(=O)N1CCC[C@H]1C(=O)O.O=S(=O)(O)O.O=S(=O)(O)O. The first-order valence-corrected chi connectivity index (χ1v) is 14.4. The quantitative estimate of drug-likeness (QED) is 0.115. The highest BCUT2D eigenvalue weighted by Crippen LogP contribution is 2.20. The molecule has 1 heterocycles. The molecule has 18 heteroatoms. The number of nitrogens with two attached hydrogens (primary N) is 1. The van der Waals surface area contributed by atoms with Crippen LogP contribution in [0.4, 0.5) is 0 Å². The normalized spacial score (nSPS) is 16.6. The zero-order valence-corrected chi connectivity index (χ0v) is 22.5. The third kappa shape index (κ3) is 19.1. The molecule has 1 fully saturated rings. The van der Waals surface area contributed by atoms with Crippen LogP contribution in [0.1, 0.15) is 44.1 Å². The Morgan fingerprint density at radius 1 is 0.923 bits per heavy atom. The molecule has 1 saturated heterocycles. The van der Waals surface area contributed by atoms with E-state index in [2.05, 4.69) is 5.32 Å². The van der Waals surface area contributed by atoms with Gasteiger partial charge in [0.15, 0.2) is 0 Å². The average Bonchev–Trinajstić information content (AvgIpc) is 3.29. The summed E-state index contributed by atoms with van der Waals surface area (Å²) in [6, 6.07) is 7.10. The first kappa shape index (κ1) is 36.3. The molecule has 0 aromatic heterocycles. The lowest BCUT2D eigenvalue weighted by atomic mass is 10.0. The third-order valence-electron chi connectivity index (χ3n) is 5.33. The Balaban J connectivity index is 0.00000123. The van der Waals surface area contributed by atoms with Crippen molar-refractivity contribution < 1.29 is 59.6 Å². The second-order valence-electron chi connectivity index (χ2n) is 8.34. The van der Waals surface area contributed by atoms with Gasteiger partial charge < -0.3 is 20.8 Å². The lowest BCUT2D eigenvalue weighted by Gasteiger charge is -2.29. The van der Waals surface area contributed by atoms with Crippen molar-refractivity contribution in [3.63, 3.8) is 0 Å². The Morgan fingerprint density at radius 2 is 1.46 bits per heavy atom. The number of amides is 1. The van der Waals surface area contributed by atoms with E-state index in [1.54, 1.807) is 0 Å². The predicted octanol–water partition coefficient (Wildman–Crippen LogP) is -0.0704. The van der Waals surface area contributed by atoms with Gasteiger partial charge >= 0.3 is 32.7 Å². The number of benzene rings is 1. The molecule has 2 rings (SSSR count). The van der Waals surface area contributed by atoms with Gasteiger partial charge in [0, 0.05) is 6.54 Å². The molecule has 1 amide bonds. The van der Waals surface area contributed by atoms with Gasteiger partial charge in [-0.2, -0.15) is 16.8 Å². The Labute approximate surface area is 226 Å². The number of likely N-dealkylation sites (tertiary alicyclic amines) is 1. The second kappa shape index (κ2) is 17.8. The van der Waals surface area contributed by atoms with E-state index in [1.165, 1.54) is 4.90 Å². The van der Waals surface area contributed by atoms with Crippen molar-refractivity contribution in [3.05, 3.63) is 35.9 Å². The van der Waals surface area contributed by atoms with Gasteiger partial charge in [-0.05, 0) is 50.6 Å². The van der Waals surface area contributed by atoms with Gasteiger partial charge in [-0.1, -0.05) is 36.8 Å². The first-order chi connectivity index (χ1) is 17.9. The largest absolute Gasteiger partial charge is 0.480 e. The summed E-state index contributed by atoms with van der Waals surface area (Å²) < 4.78 is 63.2. The molecular formula is C21H35N3O13S2. The van der Waals surface area contributed by atoms with E-state index >= 15 is 0 Å². The monoisotopic (exact) mass is 601 g/mol. The van der Waals surface area contributed by atoms with Crippen LogP contribution in [0, 0.1) is 0 Å². The van der Waals surface area contributed by atoms with Crippen molar-refractivity contribution >= 4 is 38.6 Å². The Morgan fingerprint density at radius 3 is 1.92 bits per heavy atom. The molecule has 224 valence electrons. The maximum absolute atomic E-state index is 13.1. The summed E-state index contributed by atoms with van der Waals surface area (Å²) in [7, 11) is -9.33. The highest BCUT2D eigenvalue weighted by Gasteiger charge is 2.38. The van der Waals surface area contributed by atoms with Crippen LogP contribution in [-0.4, -0.2) is 99.2 Å². The maximum atomic E-state index is 13.1. The number of rotatable bonds is 12. The smallest absolute Gasteiger partial charge is 0.394 e. The van der Waals surface area contributed by atoms with Crippen LogP contribution < -0.4 is 11.1 Å². The third-order valence-corrected chi connectivity index (χ3v) is 5.33. The summed E-state index contributed by atoms with van der Waals surface area (Å²) in [4.78, 5) is 37.7. The van der Waals surface area contributed by atoms with E-state index in [0.717, 1.165) is 12.0 Å². The van der Waals surface area contributed by atoms with Crippen LogP contribution in [0.2, 0.25) is 0 Å². The lowest BCUT2D eigenvalue weighted by Crippen LogP contribution is -2.54. The zero-order chi connectivity index (χ0) is 30.2. The molecule has 1 aromatic carbocycles. The fourth-order valence-electron chi connectivity index (χ4n) is 3.73. The van der Waals surface area contributed by atoms with Gasteiger partial charge in [0.2, 0.25) is 5.91 Å². The number of carbonyl (C=O) groups is 3. The number of nitrogens with zero attached hydrogens (tertiary/aromatic N) is 1. The molecular weight excluding hydrogens is 566 g/mol. The number of hydrogen-bond acceptors (Lipinski definition) is 9. The fraction of sp³-hybridized carbons (Fsp3) is 0.571. The molecule has 9 N–H and O–H groups in total. The topological polar surface area (TPSA) is 282 Å². The fourth-order valence-corrected chi connectivity index (χ4v) is 3.73. The molecule has 16 nitrogen and oxygen atoms in total. The number of aliphatic carboxylic acids is 2. The summed E-state index contributed by atoms with van der Waals surface area (Å²) in [5.74, 6) is -2.37. The van der Waals surface area contributed by atoms with Gasteiger partial charge in [0.05, 0.1) is 6.04 Å². The standard InChI is InChI=1S/C21H31N3O5.2H2O4S/c22-13-5-4-9-16(19(25)24-14-6-10-18(24)21(28)29)23-17(20(26)27)12-11-15-7-2-1-3-8-15;2*1-5(2,3)4/h1-3,7-8,16-18,23H,4-6,9-14,22H2,(H,26,27)(H,28,29);2*(H2,1,2,3,4)/t16-,17?,18-;;/m0../s1. The van der Waals surface area contributed by atoms with Gasteiger partial charge in [-0.3, -0.25) is 33.1 Å². The molecule has 1 aliphatic rings. The molecule has 0 aliphatic carbocycles. The molecule has 1 aliphatic heterocycles. The van der Waals surface area contributed by atoms with Crippen molar-refractivity contribution in [3.8, 4) is 0 Å². The molecule has 0 bridgehead atoms. The van der Waals surface area contributed by atoms with Crippen molar-refractivity contribution in [1.29, 1.82) is 0 Å². The van der Waals surface area contributed by atoms with Crippen molar-refractivity contribution in [2.75, 3.05) is 13.1 Å². The number of carboxylic acids is 2. The van der Waals surface area contributed by atoms with Crippen LogP contribution in [0.15, 0.2) is 30.3 Å². The number of carbonyl (C=O) groups excluding carboxylic acids is 1.